The summed E-state index contributed by atoms with van der Waals surface area (Å²) in [6, 6.07) is 7.89. The van der Waals surface area contributed by atoms with Crippen molar-refractivity contribution < 1.29 is 4.79 Å². The molecule has 3 nitrogen and oxygen atoms in total. The molecular weight excluding hydrogens is 268 g/mol. The Morgan fingerprint density at radius 3 is 2.50 bits per heavy atom. The molecule has 20 heavy (non-hydrogen) atoms. The van der Waals surface area contributed by atoms with Gasteiger partial charge in [0.2, 0.25) is 0 Å². The Balaban J connectivity index is 2.19. The van der Waals surface area contributed by atoms with E-state index in [1.807, 2.05) is 18.4 Å². The molecule has 0 atom stereocenters. The Morgan fingerprint density at radius 1 is 1.15 bits per heavy atom. The summed E-state index contributed by atoms with van der Waals surface area (Å²) in [6.07, 6.45) is 0. The molecule has 0 aliphatic heterocycles. The molecule has 4 heteroatoms. The van der Waals surface area contributed by atoms with E-state index in [1.165, 1.54) is 28.0 Å². The number of rotatable bonds is 3. The van der Waals surface area contributed by atoms with Crippen molar-refractivity contribution >= 4 is 23.0 Å². The van der Waals surface area contributed by atoms with E-state index in [0.717, 1.165) is 11.3 Å². The first-order valence-electron chi connectivity index (χ1n) is 6.45. The van der Waals surface area contributed by atoms with Crippen LogP contribution in [0.5, 0.6) is 0 Å². The number of nitrogens with one attached hydrogen (secondary N) is 1. The van der Waals surface area contributed by atoms with Gasteiger partial charge in [-0.15, -0.1) is 11.3 Å². The zero-order valence-corrected chi connectivity index (χ0v) is 13.0. The molecular formula is C16H18N2OS. The molecule has 2 rings (SSSR count). The third kappa shape index (κ3) is 3.14. The van der Waals surface area contributed by atoms with Crippen LogP contribution in [0.15, 0.2) is 34.7 Å². The number of hydrogen-bond donors (Lipinski definition) is 1. The predicted molar refractivity (Wildman–Crippen MR) is 84.6 cm³/mol. The van der Waals surface area contributed by atoms with Gasteiger partial charge in [0, 0.05) is 5.56 Å². The minimum Gasteiger partial charge on any atom is -0.266 e. The second-order valence-electron chi connectivity index (χ2n) is 4.87. The van der Waals surface area contributed by atoms with E-state index in [2.05, 4.69) is 43.4 Å². The number of nitrogens with zero attached hydrogens (tertiary/aromatic N) is 1. The Labute approximate surface area is 123 Å². The highest BCUT2D eigenvalue weighted by atomic mass is 32.1. The largest absolute Gasteiger partial charge is 0.281 e. The van der Waals surface area contributed by atoms with Crippen LogP contribution in [-0.4, -0.2) is 11.6 Å². The molecule has 1 aromatic heterocycles. The number of carbonyl (C=O) groups excluding carboxylic acids is 1. The fourth-order valence-corrected chi connectivity index (χ4v) is 2.62. The molecule has 2 aromatic rings. The van der Waals surface area contributed by atoms with Crippen molar-refractivity contribution in [3.05, 3.63) is 56.8 Å². The standard InChI is InChI=1S/C16H18N2OS/c1-10-8-12(3)14(9-11(10)2)13(4)17-18-16(19)15-6-5-7-20-15/h5-9H,1-4H3,(H,18,19)/b17-13-. The Bertz CT molecular complexity index is 657. The molecule has 0 saturated heterocycles. The van der Waals surface area contributed by atoms with E-state index in [0.29, 0.717) is 4.88 Å². The summed E-state index contributed by atoms with van der Waals surface area (Å²) in [6.45, 7) is 8.14. The zero-order valence-electron chi connectivity index (χ0n) is 12.2. The third-order valence-corrected chi connectivity index (χ3v) is 4.17. The van der Waals surface area contributed by atoms with Crippen molar-refractivity contribution in [1.29, 1.82) is 0 Å². The van der Waals surface area contributed by atoms with Crippen LogP contribution in [0.1, 0.15) is 38.8 Å². The van der Waals surface area contributed by atoms with Crippen LogP contribution in [0, 0.1) is 20.8 Å². The van der Waals surface area contributed by atoms with E-state index in [4.69, 9.17) is 0 Å². The van der Waals surface area contributed by atoms with Gasteiger partial charge >= 0.3 is 0 Å². The number of aryl methyl sites for hydroxylation is 3. The number of hydrogen-bond acceptors (Lipinski definition) is 3. The molecule has 0 aliphatic carbocycles. The lowest BCUT2D eigenvalue weighted by Crippen LogP contribution is -2.18. The van der Waals surface area contributed by atoms with E-state index in [1.54, 1.807) is 6.07 Å². The van der Waals surface area contributed by atoms with Gasteiger partial charge in [0.25, 0.3) is 5.91 Å². The van der Waals surface area contributed by atoms with Crippen LogP contribution in [0.25, 0.3) is 0 Å². The smallest absolute Gasteiger partial charge is 0.266 e. The van der Waals surface area contributed by atoms with Crippen molar-refractivity contribution in [3.63, 3.8) is 0 Å². The molecule has 0 bridgehead atoms. The lowest BCUT2D eigenvalue weighted by molar-refractivity contribution is 0.0959. The van der Waals surface area contributed by atoms with Gasteiger partial charge < -0.3 is 0 Å². The van der Waals surface area contributed by atoms with E-state index in [9.17, 15) is 4.79 Å². The molecule has 0 saturated carbocycles. The lowest BCUT2D eigenvalue weighted by atomic mass is 9.98. The van der Waals surface area contributed by atoms with Gasteiger partial charge in [-0.1, -0.05) is 12.1 Å². The summed E-state index contributed by atoms with van der Waals surface area (Å²) in [5.41, 5.74) is 8.15. The van der Waals surface area contributed by atoms with Gasteiger partial charge in [-0.2, -0.15) is 5.10 Å². The molecule has 0 aliphatic rings. The molecule has 104 valence electrons. The average molecular weight is 286 g/mol. The lowest BCUT2D eigenvalue weighted by Gasteiger charge is -2.09. The number of hydrazone groups is 1. The summed E-state index contributed by atoms with van der Waals surface area (Å²) in [5.74, 6) is -0.166. The molecule has 0 fully saturated rings. The van der Waals surface area contributed by atoms with Gasteiger partial charge in [0.1, 0.15) is 0 Å². The van der Waals surface area contributed by atoms with Crippen molar-refractivity contribution in [1.82, 2.24) is 5.43 Å². The van der Waals surface area contributed by atoms with E-state index < -0.39 is 0 Å². The second-order valence-corrected chi connectivity index (χ2v) is 5.81. The van der Waals surface area contributed by atoms with Crippen LogP contribution in [0.4, 0.5) is 0 Å². The molecule has 0 unspecified atom stereocenters. The maximum atomic E-state index is 11.8. The minimum atomic E-state index is -0.166. The summed E-state index contributed by atoms with van der Waals surface area (Å²) in [5, 5.41) is 6.08. The Morgan fingerprint density at radius 2 is 1.85 bits per heavy atom. The fourth-order valence-electron chi connectivity index (χ4n) is 2.01. The number of thiophene rings is 1. The molecule has 0 radical (unpaired) electrons. The summed E-state index contributed by atoms with van der Waals surface area (Å²) < 4.78 is 0. The molecule has 1 amide bonds. The van der Waals surface area contributed by atoms with E-state index in [-0.39, 0.29) is 5.91 Å². The van der Waals surface area contributed by atoms with Crippen molar-refractivity contribution in [2.45, 2.75) is 27.7 Å². The van der Waals surface area contributed by atoms with Crippen molar-refractivity contribution in [2.75, 3.05) is 0 Å². The maximum absolute atomic E-state index is 11.8. The fraction of sp³-hybridized carbons (Fsp3) is 0.250. The van der Waals surface area contributed by atoms with Gasteiger partial charge in [0.15, 0.2) is 0 Å². The van der Waals surface area contributed by atoms with Crippen LogP contribution in [0.3, 0.4) is 0 Å². The molecule has 1 heterocycles. The highest BCUT2D eigenvalue weighted by molar-refractivity contribution is 7.12. The maximum Gasteiger partial charge on any atom is 0.281 e. The van der Waals surface area contributed by atoms with Crippen molar-refractivity contribution in [2.24, 2.45) is 5.10 Å². The first-order chi connectivity index (χ1) is 9.49. The van der Waals surface area contributed by atoms with Gasteiger partial charge in [-0.25, -0.2) is 5.43 Å². The first kappa shape index (κ1) is 14.5. The quantitative estimate of drug-likeness (QED) is 0.676. The van der Waals surface area contributed by atoms with Crippen LogP contribution >= 0.6 is 11.3 Å². The topological polar surface area (TPSA) is 41.5 Å². The highest BCUT2D eigenvalue weighted by Crippen LogP contribution is 2.16. The van der Waals surface area contributed by atoms with E-state index >= 15 is 0 Å². The first-order valence-corrected chi connectivity index (χ1v) is 7.33. The van der Waals surface area contributed by atoms with Gasteiger partial charge in [0.05, 0.1) is 10.6 Å². The summed E-state index contributed by atoms with van der Waals surface area (Å²) in [7, 11) is 0. The second kappa shape index (κ2) is 6.01. The minimum absolute atomic E-state index is 0.166. The number of amides is 1. The Kier molecular flexibility index (Phi) is 4.35. The summed E-state index contributed by atoms with van der Waals surface area (Å²) in [4.78, 5) is 12.5. The SMILES string of the molecule is C/C(=N/NC(=O)c1cccs1)c1cc(C)c(C)cc1C. The predicted octanol–water partition coefficient (Wildman–Crippen LogP) is 3.83. The van der Waals surface area contributed by atoms with Crippen molar-refractivity contribution in [3.8, 4) is 0 Å². The number of benzene rings is 1. The van der Waals surface area contributed by atoms with Crippen LogP contribution in [0.2, 0.25) is 0 Å². The highest BCUT2D eigenvalue weighted by Gasteiger charge is 2.07. The molecule has 1 aromatic carbocycles. The van der Waals surface area contributed by atoms with Crippen LogP contribution < -0.4 is 5.43 Å². The zero-order chi connectivity index (χ0) is 14.7. The van der Waals surface area contributed by atoms with Crippen LogP contribution in [-0.2, 0) is 0 Å². The van der Waals surface area contributed by atoms with Gasteiger partial charge in [-0.3, -0.25) is 4.79 Å². The normalized spacial score (nSPS) is 11.5. The monoisotopic (exact) mass is 286 g/mol. The average Bonchev–Trinajstić information content (AvgIpc) is 2.94. The summed E-state index contributed by atoms with van der Waals surface area (Å²) >= 11 is 1.40. The Hall–Kier alpha value is -1.94. The van der Waals surface area contributed by atoms with Gasteiger partial charge in [-0.05, 0) is 61.9 Å². The molecule has 0 spiro atoms. The number of carbonyl (C=O) groups is 1. The third-order valence-electron chi connectivity index (χ3n) is 3.30. The molecule has 1 N–H and O–H groups in total.